The second-order valence-corrected chi connectivity index (χ2v) is 4.86. The second kappa shape index (κ2) is 4.79. The maximum absolute atomic E-state index is 5.30. The molecule has 0 amide bonds. The third-order valence-corrected chi connectivity index (χ3v) is 3.40. The molecule has 18 heavy (non-hydrogen) atoms. The molecule has 0 saturated carbocycles. The number of aliphatic imine (C=N–C) groups is 3. The zero-order chi connectivity index (χ0) is 12.5. The van der Waals surface area contributed by atoms with Crippen LogP contribution in [0.1, 0.15) is 0 Å². The predicted octanol–water partition coefficient (Wildman–Crippen LogP) is -0.0108. The molecule has 3 rings (SSSR count). The fraction of sp³-hybridized carbons (Fsp3) is 0.500. The third kappa shape index (κ3) is 2.18. The minimum atomic E-state index is -0.156. The molecular weight excluding hydrogens is 270 g/mol. The molecule has 0 aliphatic carbocycles. The highest BCUT2D eigenvalue weighted by molar-refractivity contribution is 7.82. The fourth-order valence-electron chi connectivity index (χ4n) is 1.92. The molecule has 94 valence electrons. The molecule has 1 saturated heterocycles. The zero-order valence-corrected chi connectivity index (χ0v) is 11.1. The Balaban J connectivity index is 1.86. The summed E-state index contributed by atoms with van der Waals surface area (Å²) in [5.41, 5.74) is 0. The van der Waals surface area contributed by atoms with Crippen molar-refractivity contribution < 1.29 is 4.74 Å². The van der Waals surface area contributed by atoms with Crippen molar-refractivity contribution in [2.24, 2.45) is 20.9 Å². The highest BCUT2D eigenvalue weighted by atomic mass is 32.1. The Bertz CT molecular complexity index is 492. The van der Waals surface area contributed by atoms with E-state index in [2.05, 4.69) is 25.2 Å². The van der Waals surface area contributed by atoms with E-state index >= 15 is 0 Å². The first-order valence-electron chi connectivity index (χ1n) is 5.63. The number of fused-ring (bicyclic) bond motifs is 1. The molecular formula is C10H11N5OS2. The van der Waals surface area contributed by atoms with Crippen LogP contribution in [0.3, 0.4) is 0 Å². The van der Waals surface area contributed by atoms with Gasteiger partial charge in [0.05, 0.1) is 18.2 Å². The van der Waals surface area contributed by atoms with Gasteiger partial charge in [-0.2, -0.15) is 4.99 Å². The molecule has 0 radical (unpaired) electrons. The summed E-state index contributed by atoms with van der Waals surface area (Å²) in [4.78, 5) is 15.7. The number of nitrogens with zero attached hydrogens (tertiary/aromatic N) is 4. The second-order valence-electron chi connectivity index (χ2n) is 4.03. The summed E-state index contributed by atoms with van der Waals surface area (Å²) >= 11 is 10.2. The minimum absolute atomic E-state index is 0.156. The van der Waals surface area contributed by atoms with E-state index in [1.165, 1.54) is 0 Å². The first-order valence-corrected chi connectivity index (χ1v) is 6.45. The lowest BCUT2D eigenvalue weighted by atomic mass is 10.1. The van der Waals surface area contributed by atoms with Crippen LogP contribution in [0, 0.1) is 5.92 Å². The van der Waals surface area contributed by atoms with Gasteiger partial charge in [-0.15, -0.1) is 0 Å². The van der Waals surface area contributed by atoms with E-state index in [1.807, 2.05) is 0 Å². The third-order valence-electron chi connectivity index (χ3n) is 2.85. The average Bonchev–Trinajstić information content (AvgIpc) is 2.39. The molecule has 1 unspecified atom stereocenters. The number of guanidine groups is 1. The highest BCUT2D eigenvalue weighted by Gasteiger charge is 2.29. The van der Waals surface area contributed by atoms with Gasteiger partial charge in [-0.1, -0.05) is 12.2 Å². The van der Waals surface area contributed by atoms with Crippen LogP contribution < -0.4 is 5.32 Å². The molecule has 8 heteroatoms. The monoisotopic (exact) mass is 281 g/mol. The lowest BCUT2D eigenvalue weighted by Crippen LogP contribution is -2.46. The largest absolute Gasteiger partial charge is 0.378 e. The number of ether oxygens (including phenoxy) is 1. The Morgan fingerprint density at radius 2 is 2.06 bits per heavy atom. The Morgan fingerprint density at radius 1 is 1.28 bits per heavy atom. The predicted molar refractivity (Wildman–Crippen MR) is 77.6 cm³/mol. The van der Waals surface area contributed by atoms with Crippen LogP contribution in [0.2, 0.25) is 0 Å². The molecule has 6 nitrogen and oxygen atoms in total. The average molecular weight is 281 g/mol. The van der Waals surface area contributed by atoms with Crippen molar-refractivity contribution in [1.82, 2.24) is 10.2 Å². The Labute approximate surface area is 115 Å². The van der Waals surface area contributed by atoms with Crippen LogP contribution in [-0.4, -0.2) is 59.3 Å². The van der Waals surface area contributed by atoms with Crippen molar-refractivity contribution in [2.45, 2.75) is 0 Å². The standard InChI is InChI=1S/C10H11N5OS2/c17-8-6-5-11-9(15-1-3-16-4-2-15)12-7(6)13-10(18)14-8/h5-6H,1-4H2,(H,14,17,18). The van der Waals surface area contributed by atoms with Crippen molar-refractivity contribution in [3.8, 4) is 0 Å². The molecule has 0 aromatic rings. The molecule has 3 aliphatic rings. The van der Waals surface area contributed by atoms with Gasteiger partial charge >= 0.3 is 0 Å². The number of rotatable bonds is 0. The summed E-state index contributed by atoms with van der Waals surface area (Å²) in [6.45, 7) is 2.98. The van der Waals surface area contributed by atoms with Crippen LogP contribution in [0.15, 0.2) is 15.0 Å². The van der Waals surface area contributed by atoms with Gasteiger partial charge in [0.2, 0.25) is 5.96 Å². The van der Waals surface area contributed by atoms with Gasteiger partial charge < -0.3 is 15.0 Å². The lowest BCUT2D eigenvalue weighted by molar-refractivity contribution is 0.0676. The van der Waals surface area contributed by atoms with Gasteiger partial charge in [0.1, 0.15) is 5.92 Å². The Hall–Kier alpha value is -1.25. The molecule has 3 aliphatic heterocycles. The van der Waals surface area contributed by atoms with Gasteiger partial charge in [-0.25, -0.2) is 9.98 Å². The van der Waals surface area contributed by atoms with Crippen LogP contribution >= 0.6 is 24.4 Å². The molecule has 3 heterocycles. The molecule has 1 fully saturated rings. The van der Waals surface area contributed by atoms with Crippen LogP contribution in [0.5, 0.6) is 0 Å². The van der Waals surface area contributed by atoms with Crippen molar-refractivity contribution >= 4 is 52.5 Å². The first-order chi connectivity index (χ1) is 8.74. The van der Waals surface area contributed by atoms with E-state index in [4.69, 9.17) is 29.2 Å². The number of morpholine rings is 1. The summed E-state index contributed by atoms with van der Waals surface area (Å²) in [6, 6.07) is 0. The fourth-order valence-corrected chi connectivity index (χ4v) is 2.45. The van der Waals surface area contributed by atoms with Gasteiger partial charge in [-0.05, 0) is 12.2 Å². The van der Waals surface area contributed by atoms with E-state index in [0.29, 0.717) is 35.1 Å². The molecule has 0 spiro atoms. The summed E-state index contributed by atoms with van der Waals surface area (Å²) in [5, 5.41) is 3.22. The van der Waals surface area contributed by atoms with Crippen molar-refractivity contribution in [2.75, 3.05) is 26.3 Å². The van der Waals surface area contributed by atoms with Crippen molar-refractivity contribution in [3.63, 3.8) is 0 Å². The smallest absolute Gasteiger partial charge is 0.226 e. The summed E-state index contributed by atoms with van der Waals surface area (Å²) in [6.07, 6.45) is 1.77. The molecule has 1 N–H and O–H groups in total. The lowest BCUT2D eigenvalue weighted by Gasteiger charge is -2.30. The van der Waals surface area contributed by atoms with E-state index in [1.54, 1.807) is 6.21 Å². The maximum Gasteiger partial charge on any atom is 0.226 e. The van der Waals surface area contributed by atoms with E-state index in [-0.39, 0.29) is 5.92 Å². The highest BCUT2D eigenvalue weighted by Crippen LogP contribution is 2.14. The molecule has 0 aromatic heterocycles. The number of thiocarbonyl (C=S) groups is 2. The van der Waals surface area contributed by atoms with E-state index in [9.17, 15) is 0 Å². The quantitative estimate of drug-likeness (QED) is 0.633. The number of hydrogen-bond acceptors (Lipinski definition) is 6. The molecule has 0 aromatic carbocycles. The van der Waals surface area contributed by atoms with Crippen molar-refractivity contribution in [1.29, 1.82) is 0 Å². The van der Waals surface area contributed by atoms with Crippen LogP contribution in [0.4, 0.5) is 0 Å². The number of hydrogen-bond donors (Lipinski definition) is 1. The van der Waals surface area contributed by atoms with E-state index in [0.717, 1.165) is 13.1 Å². The summed E-state index contributed by atoms with van der Waals surface area (Å²) < 4.78 is 5.30. The Morgan fingerprint density at radius 3 is 2.83 bits per heavy atom. The SMILES string of the molecule is S=C1N=C2N=C(N3CCOCC3)N=CC2C(=S)N1. The van der Waals surface area contributed by atoms with Crippen molar-refractivity contribution in [3.05, 3.63) is 0 Å². The van der Waals surface area contributed by atoms with Gasteiger partial charge in [0.15, 0.2) is 10.9 Å². The molecule has 0 bridgehead atoms. The van der Waals surface area contributed by atoms with E-state index < -0.39 is 0 Å². The van der Waals surface area contributed by atoms with Gasteiger partial charge in [-0.3, -0.25) is 0 Å². The zero-order valence-electron chi connectivity index (χ0n) is 9.50. The number of amidine groups is 1. The topological polar surface area (TPSA) is 61.6 Å². The molecule has 1 atom stereocenters. The van der Waals surface area contributed by atoms with Crippen LogP contribution in [0.25, 0.3) is 0 Å². The van der Waals surface area contributed by atoms with Gasteiger partial charge in [0, 0.05) is 19.3 Å². The maximum atomic E-state index is 5.30. The Kier molecular flexibility index (Phi) is 3.14. The number of nitrogens with one attached hydrogen (secondary N) is 1. The normalized spacial score (nSPS) is 27.3. The minimum Gasteiger partial charge on any atom is -0.378 e. The summed E-state index contributed by atoms with van der Waals surface area (Å²) in [7, 11) is 0. The first kappa shape index (κ1) is 11.8. The van der Waals surface area contributed by atoms with Gasteiger partial charge in [0.25, 0.3) is 0 Å². The van der Waals surface area contributed by atoms with Crippen LogP contribution in [-0.2, 0) is 4.74 Å². The summed E-state index contributed by atoms with van der Waals surface area (Å²) in [5.74, 6) is 1.14.